The van der Waals surface area contributed by atoms with Crippen molar-refractivity contribution in [2.45, 2.75) is 25.4 Å². The Labute approximate surface area is 140 Å². The van der Waals surface area contributed by atoms with Gasteiger partial charge in [-0.15, -0.1) is 0 Å². The van der Waals surface area contributed by atoms with Crippen LogP contribution < -0.4 is 5.32 Å². The minimum atomic E-state index is -0.154. The van der Waals surface area contributed by atoms with Gasteiger partial charge in [0.1, 0.15) is 16.7 Å². The van der Waals surface area contributed by atoms with Gasteiger partial charge in [0.05, 0.1) is 18.8 Å². The van der Waals surface area contributed by atoms with Crippen molar-refractivity contribution in [3.8, 4) is 0 Å². The van der Waals surface area contributed by atoms with Crippen LogP contribution in [0.2, 0.25) is 5.15 Å². The third-order valence-electron chi connectivity index (χ3n) is 4.32. The van der Waals surface area contributed by atoms with Crippen LogP contribution in [0.4, 0.5) is 0 Å². The van der Waals surface area contributed by atoms with E-state index in [4.69, 9.17) is 11.6 Å². The SMILES string of the molecule is CNC(=O)c1ccn(C2CCCN(Cc3ncc(Cl)n3C)C2)n1. The lowest BCUT2D eigenvalue weighted by Gasteiger charge is -2.32. The normalized spacial score (nSPS) is 19.0. The molecule has 0 saturated carbocycles. The van der Waals surface area contributed by atoms with Gasteiger partial charge in [-0.2, -0.15) is 5.10 Å². The maximum atomic E-state index is 11.6. The molecule has 8 heteroatoms. The first-order valence-electron chi connectivity index (χ1n) is 7.74. The predicted octanol–water partition coefficient (Wildman–Crippen LogP) is 1.47. The third kappa shape index (κ3) is 3.40. The van der Waals surface area contributed by atoms with Crippen molar-refractivity contribution in [3.05, 3.63) is 35.1 Å². The van der Waals surface area contributed by atoms with Crippen molar-refractivity contribution in [1.29, 1.82) is 0 Å². The summed E-state index contributed by atoms with van der Waals surface area (Å²) in [6.45, 7) is 2.69. The van der Waals surface area contributed by atoms with Crippen molar-refractivity contribution in [2.24, 2.45) is 7.05 Å². The minimum absolute atomic E-state index is 0.154. The van der Waals surface area contributed by atoms with Gasteiger partial charge in [-0.1, -0.05) is 11.6 Å². The summed E-state index contributed by atoms with van der Waals surface area (Å²) in [5, 5.41) is 7.65. The van der Waals surface area contributed by atoms with Gasteiger partial charge < -0.3 is 9.88 Å². The number of hydrogen-bond acceptors (Lipinski definition) is 4. The van der Waals surface area contributed by atoms with Crippen LogP contribution in [0.3, 0.4) is 0 Å². The molecule has 124 valence electrons. The molecule has 1 N–H and O–H groups in total. The van der Waals surface area contributed by atoms with E-state index in [-0.39, 0.29) is 11.9 Å². The largest absolute Gasteiger partial charge is 0.354 e. The van der Waals surface area contributed by atoms with Gasteiger partial charge in [-0.25, -0.2) is 4.98 Å². The third-order valence-corrected chi connectivity index (χ3v) is 4.67. The number of likely N-dealkylation sites (tertiary alicyclic amines) is 1. The summed E-state index contributed by atoms with van der Waals surface area (Å²) in [4.78, 5) is 18.3. The Balaban J connectivity index is 1.67. The van der Waals surface area contributed by atoms with Gasteiger partial charge in [0.15, 0.2) is 0 Å². The maximum Gasteiger partial charge on any atom is 0.271 e. The van der Waals surface area contributed by atoms with Crippen molar-refractivity contribution < 1.29 is 4.79 Å². The quantitative estimate of drug-likeness (QED) is 0.918. The molecule has 1 saturated heterocycles. The molecule has 2 aromatic heterocycles. The Kier molecular flexibility index (Phi) is 4.68. The van der Waals surface area contributed by atoms with E-state index in [0.717, 1.165) is 38.3 Å². The van der Waals surface area contributed by atoms with Gasteiger partial charge in [-0.3, -0.25) is 14.4 Å². The number of aromatic nitrogens is 4. The molecule has 1 unspecified atom stereocenters. The number of rotatable bonds is 4. The van der Waals surface area contributed by atoms with E-state index < -0.39 is 0 Å². The number of nitrogens with zero attached hydrogens (tertiary/aromatic N) is 5. The number of halogens is 1. The van der Waals surface area contributed by atoms with E-state index >= 15 is 0 Å². The van der Waals surface area contributed by atoms with Gasteiger partial charge in [-0.05, 0) is 25.5 Å². The van der Waals surface area contributed by atoms with Gasteiger partial charge in [0.2, 0.25) is 0 Å². The van der Waals surface area contributed by atoms with Gasteiger partial charge >= 0.3 is 0 Å². The second-order valence-corrected chi connectivity index (χ2v) is 6.23. The number of carbonyl (C=O) groups is 1. The highest BCUT2D eigenvalue weighted by Crippen LogP contribution is 2.23. The molecule has 1 amide bonds. The Morgan fingerprint density at radius 3 is 3.04 bits per heavy atom. The van der Waals surface area contributed by atoms with E-state index in [1.165, 1.54) is 0 Å². The second-order valence-electron chi connectivity index (χ2n) is 5.85. The molecule has 3 rings (SSSR count). The summed E-state index contributed by atoms with van der Waals surface area (Å²) in [5.41, 5.74) is 0.459. The average Bonchev–Trinajstić information content (AvgIpc) is 3.17. The summed E-state index contributed by atoms with van der Waals surface area (Å²) >= 11 is 6.05. The summed E-state index contributed by atoms with van der Waals surface area (Å²) in [5.74, 6) is 0.807. The molecule has 0 bridgehead atoms. The zero-order valence-corrected chi connectivity index (χ0v) is 14.1. The molecule has 1 fully saturated rings. The number of hydrogen-bond donors (Lipinski definition) is 1. The minimum Gasteiger partial charge on any atom is -0.354 e. The van der Waals surface area contributed by atoms with Crippen LogP contribution >= 0.6 is 11.6 Å². The molecule has 1 aliphatic heterocycles. The van der Waals surface area contributed by atoms with Crippen molar-refractivity contribution in [3.63, 3.8) is 0 Å². The molecule has 0 aliphatic carbocycles. The van der Waals surface area contributed by atoms with E-state index in [2.05, 4.69) is 20.3 Å². The molecule has 3 heterocycles. The van der Waals surface area contributed by atoms with E-state index in [1.807, 2.05) is 22.5 Å². The standard InChI is InChI=1S/C15H21ClN6O/c1-17-15(23)12-5-7-22(19-12)11-4-3-6-21(9-11)10-14-18-8-13(16)20(14)2/h5,7-8,11H,3-4,6,9-10H2,1-2H3,(H,17,23). The number of nitrogens with one attached hydrogen (secondary N) is 1. The Morgan fingerprint density at radius 2 is 2.35 bits per heavy atom. The fourth-order valence-electron chi connectivity index (χ4n) is 2.95. The fraction of sp³-hybridized carbons (Fsp3) is 0.533. The summed E-state index contributed by atoms with van der Waals surface area (Å²) in [6, 6.07) is 2.04. The molecule has 0 aromatic carbocycles. The molecular weight excluding hydrogens is 316 g/mol. The van der Waals surface area contributed by atoms with E-state index in [0.29, 0.717) is 10.8 Å². The van der Waals surface area contributed by atoms with Crippen LogP contribution in [0.15, 0.2) is 18.5 Å². The molecule has 0 radical (unpaired) electrons. The first kappa shape index (κ1) is 16.0. The lowest BCUT2D eigenvalue weighted by Crippen LogP contribution is -2.37. The summed E-state index contributed by atoms with van der Waals surface area (Å²) in [6.07, 6.45) is 5.72. The van der Waals surface area contributed by atoms with Gasteiger partial charge in [0, 0.05) is 26.8 Å². The van der Waals surface area contributed by atoms with Crippen molar-refractivity contribution >= 4 is 17.5 Å². The van der Waals surface area contributed by atoms with Crippen LogP contribution in [0.25, 0.3) is 0 Å². The number of carbonyl (C=O) groups excluding carboxylic acids is 1. The lowest BCUT2D eigenvalue weighted by atomic mass is 10.1. The number of imidazole rings is 1. The first-order chi connectivity index (χ1) is 11.1. The Morgan fingerprint density at radius 1 is 1.52 bits per heavy atom. The molecule has 0 spiro atoms. The smallest absolute Gasteiger partial charge is 0.271 e. The average molecular weight is 337 g/mol. The Hall–Kier alpha value is -1.86. The second kappa shape index (κ2) is 6.72. The molecule has 7 nitrogen and oxygen atoms in total. The van der Waals surface area contributed by atoms with Crippen LogP contribution in [0.1, 0.15) is 35.2 Å². The summed E-state index contributed by atoms with van der Waals surface area (Å²) in [7, 11) is 3.54. The highest BCUT2D eigenvalue weighted by Gasteiger charge is 2.23. The van der Waals surface area contributed by atoms with Crippen LogP contribution in [-0.2, 0) is 13.6 Å². The number of piperidine rings is 1. The van der Waals surface area contributed by atoms with Crippen LogP contribution in [0, 0.1) is 0 Å². The van der Waals surface area contributed by atoms with Crippen molar-refractivity contribution in [2.75, 3.05) is 20.1 Å². The molecule has 2 aromatic rings. The fourth-order valence-corrected chi connectivity index (χ4v) is 3.10. The highest BCUT2D eigenvalue weighted by molar-refractivity contribution is 6.29. The topological polar surface area (TPSA) is 68.0 Å². The maximum absolute atomic E-state index is 11.6. The van der Waals surface area contributed by atoms with Crippen molar-refractivity contribution in [1.82, 2.24) is 29.5 Å². The van der Waals surface area contributed by atoms with Gasteiger partial charge in [0.25, 0.3) is 5.91 Å². The van der Waals surface area contributed by atoms with Crippen LogP contribution in [-0.4, -0.2) is 50.3 Å². The molecular formula is C15H21ClN6O. The zero-order valence-electron chi connectivity index (χ0n) is 13.4. The molecule has 1 aliphatic rings. The molecule has 23 heavy (non-hydrogen) atoms. The first-order valence-corrected chi connectivity index (χ1v) is 8.12. The monoisotopic (exact) mass is 336 g/mol. The highest BCUT2D eigenvalue weighted by atomic mass is 35.5. The Bertz CT molecular complexity index is 694. The lowest BCUT2D eigenvalue weighted by molar-refractivity contribution is 0.0955. The van der Waals surface area contributed by atoms with E-state index in [9.17, 15) is 4.79 Å². The van der Waals surface area contributed by atoms with Crippen LogP contribution in [0.5, 0.6) is 0 Å². The predicted molar refractivity (Wildman–Crippen MR) is 87.4 cm³/mol. The summed E-state index contributed by atoms with van der Waals surface area (Å²) < 4.78 is 3.81. The molecule has 1 atom stereocenters. The van der Waals surface area contributed by atoms with E-state index in [1.54, 1.807) is 19.3 Å². The zero-order chi connectivity index (χ0) is 16.4. The number of amides is 1.